The molecule has 0 heterocycles. The fraction of sp³-hybridized carbons (Fsp3) is 0.917. The van der Waals surface area contributed by atoms with Crippen LogP contribution in [0.1, 0.15) is 20.8 Å². The van der Waals surface area contributed by atoms with E-state index in [1.807, 2.05) is 0 Å². The maximum Gasteiger partial charge on any atom is 0.391 e. The van der Waals surface area contributed by atoms with Gasteiger partial charge in [0.25, 0.3) is 0 Å². The Kier molecular flexibility index (Phi) is 4.97. The number of rotatable bonds is 6. The van der Waals surface area contributed by atoms with Crippen molar-refractivity contribution >= 4 is 29.2 Å². The molecule has 0 aromatic carbocycles. The Morgan fingerprint density at radius 3 is 2.35 bits per heavy atom. The van der Waals surface area contributed by atoms with Gasteiger partial charge < -0.3 is 14.6 Å². The first kappa shape index (κ1) is 17.9. The van der Waals surface area contributed by atoms with Crippen molar-refractivity contribution in [3.05, 3.63) is 0 Å². The fourth-order valence-electron chi connectivity index (χ4n) is 2.48. The summed E-state index contributed by atoms with van der Waals surface area (Å²) in [5.41, 5.74) is -0.732. The molecule has 4 nitrogen and oxygen atoms in total. The minimum absolute atomic E-state index is 0.162. The van der Waals surface area contributed by atoms with Gasteiger partial charge in [0.2, 0.25) is 4.33 Å². The summed E-state index contributed by atoms with van der Waals surface area (Å²) in [6.45, 7) is 5.09. The van der Waals surface area contributed by atoms with Gasteiger partial charge in [-0.2, -0.15) is 8.78 Å². The Morgan fingerprint density at radius 1 is 1.45 bits per heavy atom. The standard InChI is InChI=1S/C12H18Cl2F2O4/c1-5-20-9(18)7-6(10(7,2)3)8(17)11(13,14)12(15,16)19-4/h6-8,17H,5H2,1-4H3. The minimum atomic E-state index is -3.95. The molecular formula is C12H18Cl2F2O4. The number of halogens is 4. The summed E-state index contributed by atoms with van der Waals surface area (Å²) >= 11 is 11.2. The topological polar surface area (TPSA) is 55.8 Å². The number of methoxy groups -OCH3 is 1. The van der Waals surface area contributed by atoms with Crippen LogP contribution in [0.3, 0.4) is 0 Å². The van der Waals surface area contributed by atoms with Crippen LogP contribution in [0.5, 0.6) is 0 Å². The normalized spacial score (nSPS) is 27.1. The summed E-state index contributed by atoms with van der Waals surface area (Å²) in [6, 6.07) is 0. The summed E-state index contributed by atoms with van der Waals surface area (Å²) < 4.78 is 33.0. The van der Waals surface area contributed by atoms with Crippen LogP contribution in [0.15, 0.2) is 0 Å². The van der Waals surface area contributed by atoms with Gasteiger partial charge in [0.15, 0.2) is 0 Å². The Labute approximate surface area is 126 Å². The van der Waals surface area contributed by atoms with Crippen LogP contribution in [-0.4, -0.2) is 41.3 Å². The molecule has 0 spiro atoms. The van der Waals surface area contributed by atoms with Crippen molar-refractivity contribution in [3.8, 4) is 0 Å². The van der Waals surface area contributed by atoms with Crippen molar-refractivity contribution in [2.45, 2.75) is 37.3 Å². The Bertz CT molecular complexity index is 388. The van der Waals surface area contributed by atoms with E-state index < -0.39 is 39.8 Å². The van der Waals surface area contributed by atoms with E-state index in [1.165, 1.54) is 0 Å². The number of hydrogen-bond acceptors (Lipinski definition) is 4. The zero-order valence-corrected chi connectivity index (χ0v) is 13.1. The summed E-state index contributed by atoms with van der Waals surface area (Å²) in [5.74, 6) is -2.13. The van der Waals surface area contributed by atoms with Gasteiger partial charge in [-0.15, -0.1) is 0 Å². The molecular weight excluding hydrogens is 317 g/mol. The molecule has 1 saturated carbocycles. The first-order valence-corrected chi connectivity index (χ1v) is 6.86. The first-order chi connectivity index (χ1) is 8.95. The summed E-state index contributed by atoms with van der Waals surface area (Å²) in [6.07, 6.45) is -5.79. The molecule has 0 aromatic rings. The number of aliphatic hydroxyl groups excluding tert-OH is 1. The van der Waals surface area contributed by atoms with Crippen molar-refractivity contribution in [1.29, 1.82) is 0 Å². The van der Waals surface area contributed by atoms with Gasteiger partial charge in [-0.05, 0) is 12.3 Å². The zero-order valence-electron chi connectivity index (χ0n) is 11.6. The molecule has 3 atom stereocenters. The maximum atomic E-state index is 13.5. The van der Waals surface area contributed by atoms with Crippen LogP contribution in [-0.2, 0) is 14.3 Å². The van der Waals surface area contributed by atoms with Gasteiger partial charge >= 0.3 is 12.1 Å². The number of esters is 1. The van der Waals surface area contributed by atoms with Crippen LogP contribution in [0.2, 0.25) is 0 Å². The highest BCUT2D eigenvalue weighted by Crippen LogP contribution is 2.64. The van der Waals surface area contributed by atoms with Gasteiger partial charge in [0.05, 0.1) is 18.6 Å². The van der Waals surface area contributed by atoms with E-state index in [2.05, 4.69) is 4.74 Å². The molecule has 0 bridgehead atoms. The molecule has 0 radical (unpaired) electrons. The SMILES string of the molecule is CCOC(=O)C1C(C(O)C(Cl)(Cl)C(F)(F)OC)C1(C)C. The highest BCUT2D eigenvalue weighted by Gasteiger charge is 2.72. The molecule has 1 fully saturated rings. The number of alkyl halides is 4. The molecule has 0 aliphatic heterocycles. The molecule has 118 valence electrons. The highest BCUT2D eigenvalue weighted by molar-refractivity contribution is 6.49. The van der Waals surface area contributed by atoms with Crippen molar-refractivity contribution in [3.63, 3.8) is 0 Å². The molecule has 0 saturated heterocycles. The third kappa shape index (κ3) is 2.75. The van der Waals surface area contributed by atoms with Crippen LogP contribution in [0.4, 0.5) is 8.78 Å². The minimum Gasteiger partial charge on any atom is -0.466 e. The largest absolute Gasteiger partial charge is 0.466 e. The van der Waals surface area contributed by atoms with E-state index in [9.17, 15) is 18.7 Å². The number of ether oxygens (including phenoxy) is 2. The fourth-order valence-corrected chi connectivity index (χ4v) is 2.91. The molecule has 3 unspecified atom stereocenters. The third-order valence-electron chi connectivity index (χ3n) is 3.81. The second kappa shape index (κ2) is 5.55. The van der Waals surface area contributed by atoms with Gasteiger partial charge in [-0.1, -0.05) is 37.0 Å². The van der Waals surface area contributed by atoms with Crippen LogP contribution in [0, 0.1) is 17.3 Å². The van der Waals surface area contributed by atoms with Crippen molar-refractivity contribution < 1.29 is 28.2 Å². The average molecular weight is 335 g/mol. The van der Waals surface area contributed by atoms with E-state index in [1.54, 1.807) is 20.8 Å². The Morgan fingerprint density at radius 2 is 1.95 bits per heavy atom. The van der Waals surface area contributed by atoms with Crippen molar-refractivity contribution in [2.75, 3.05) is 13.7 Å². The van der Waals surface area contributed by atoms with Gasteiger partial charge in [0, 0.05) is 13.0 Å². The smallest absolute Gasteiger partial charge is 0.391 e. The van der Waals surface area contributed by atoms with Gasteiger partial charge in [0.1, 0.15) is 0 Å². The molecule has 0 aromatic heterocycles. The molecule has 8 heteroatoms. The third-order valence-corrected chi connectivity index (χ3v) is 4.69. The predicted octanol–water partition coefficient (Wildman–Crippen LogP) is 2.60. The number of aliphatic hydroxyl groups is 1. The van der Waals surface area contributed by atoms with E-state index >= 15 is 0 Å². The zero-order chi connectivity index (χ0) is 15.9. The molecule has 1 aliphatic carbocycles. The summed E-state index contributed by atoms with van der Waals surface area (Å²) in [4.78, 5) is 11.7. The van der Waals surface area contributed by atoms with E-state index in [4.69, 9.17) is 27.9 Å². The Balaban J connectivity index is 2.94. The lowest BCUT2D eigenvalue weighted by molar-refractivity contribution is -0.245. The number of carbonyl (C=O) groups excluding carboxylic acids is 1. The van der Waals surface area contributed by atoms with Gasteiger partial charge in [-0.3, -0.25) is 4.79 Å². The van der Waals surface area contributed by atoms with Crippen LogP contribution < -0.4 is 0 Å². The molecule has 1 rings (SSSR count). The lowest BCUT2D eigenvalue weighted by atomic mass is 10.0. The van der Waals surface area contributed by atoms with E-state index in [0.29, 0.717) is 0 Å². The van der Waals surface area contributed by atoms with Gasteiger partial charge in [-0.25, -0.2) is 0 Å². The second-order valence-electron chi connectivity index (χ2n) is 5.37. The molecule has 1 aliphatic rings. The highest BCUT2D eigenvalue weighted by atomic mass is 35.5. The number of hydrogen-bond donors (Lipinski definition) is 1. The van der Waals surface area contributed by atoms with Crippen LogP contribution in [0.25, 0.3) is 0 Å². The number of carbonyl (C=O) groups is 1. The van der Waals surface area contributed by atoms with E-state index in [0.717, 1.165) is 7.11 Å². The maximum absolute atomic E-state index is 13.5. The molecule has 0 amide bonds. The Hall–Kier alpha value is -0.170. The predicted molar refractivity (Wildman–Crippen MR) is 69.8 cm³/mol. The second-order valence-corrected chi connectivity index (χ2v) is 6.75. The monoisotopic (exact) mass is 334 g/mol. The average Bonchev–Trinajstić information content (AvgIpc) is 2.91. The first-order valence-electron chi connectivity index (χ1n) is 6.10. The summed E-state index contributed by atoms with van der Waals surface area (Å²) in [5, 5.41) is 10.1. The van der Waals surface area contributed by atoms with Crippen LogP contribution >= 0.6 is 23.2 Å². The quantitative estimate of drug-likeness (QED) is 0.599. The molecule has 1 N–H and O–H groups in total. The molecule has 20 heavy (non-hydrogen) atoms. The van der Waals surface area contributed by atoms with Crippen molar-refractivity contribution in [1.82, 2.24) is 0 Å². The van der Waals surface area contributed by atoms with Crippen molar-refractivity contribution in [2.24, 2.45) is 17.3 Å². The lowest BCUT2D eigenvalue weighted by Gasteiger charge is -2.32. The summed E-state index contributed by atoms with van der Waals surface area (Å²) in [7, 11) is 0.729. The lowest BCUT2D eigenvalue weighted by Crippen LogP contribution is -2.50. The van der Waals surface area contributed by atoms with E-state index in [-0.39, 0.29) is 6.61 Å².